The van der Waals surface area contributed by atoms with E-state index in [2.05, 4.69) is 41.0 Å². The second-order valence-electron chi connectivity index (χ2n) is 3.52. The van der Waals surface area contributed by atoms with Gasteiger partial charge in [0.15, 0.2) is 0 Å². The van der Waals surface area contributed by atoms with Crippen molar-refractivity contribution in [3.05, 3.63) is 11.6 Å². The summed E-state index contributed by atoms with van der Waals surface area (Å²) in [6, 6.07) is 0. The van der Waals surface area contributed by atoms with Crippen LogP contribution in [0.2, 0.25) is 0 Å². The van der Waals surface area contributed by atoms with Gasteiger partial charge in [-0.25, -0.2) is 4.98 Å². The zero-order chi connectivity index (χ0) is 11.1. The molecule has 0 atom stereocenters. The van der Waals surface area contributed by atoms with Crippen LogP contribution in [0.1, 0.15) is 45.3 Å². The molecule has 1 N–H and O–H groups in total. The lowest BCUT2D eigenvalue weighted by atomic mass is 10.3. The lowest BCUT2D eigenvalue weighted by Crippen LogP contribution is -2.10. The standard InChI is InChI=1S/C11H20N4/c1-4-7-10-13-9(6-3)14-11(15-10)12-8-5-2/h4-8H2,1-3H3,(H,12,13,14,15). The number of hydrogen-bond acceptors (Lipinski definition) is 4. The lowest BCUT2D eigenvalue weighted by molar-refractivity contribution is 0.778. The van der Waals surface area contributed by atoms with Gasteiger partial charge in [0.05, 0.1) is 0 Å². The molecule has 1 heterocycles. The first kappa shape index (κ1) is 11.9. The average molecular weight is 208 g/mol. The molecule has 0 aromatic carbocycles. The van der Waals surface area contributed by atoms with Gasteiger partial charge in [-0.3, -0.25) is 0 Å². The van der Waals surface area contributed by atoms with Gasteiger partial charge in [0.2, 0.25) is 5.95 Å². The molecule has 0 aliphatic rings. The number of hydrogen-bond donors (Lipinski definition) is 1. The predicted octanol–water partition coefficient (Wildman–Crippen LogP) is 2.21. The number of rotatable bonds is 6. The summed E-state index contributed by atoms with van der Waals surface area (Å²) in [6.45, 7) is 7.24. The molecule has 1 aromatic heterocycles. The zero-order valence-corrected chi connectivity index (χ0v) is 9.88. The van der Waals surface area contributed by atoms with Crippen LogP contribution in [0.5, 0.6) is 0 Å². The van der Waals surface area contributed by atoms with Gasteiger partial charge in [-0.2, -0.15) is 9.97 Å². The highest BCUT2D eigenvalue weighted by Crippen LogP contribution is 2.04. The fourth-order valence-corrected chi connectivity index (χ4v) is 1.28. The van der Waals surface area contributed by atoms with Gasteiger partial charge in [-0.1, -0.05) is 20.8 Å². The number of nitrogens with zero attached hydrogens (tertiary/aromatic N) is 3. The smallest absolute Gasteiger partial charge is 0.226 e. The van der Waals surface area contributed by atoms with Crippen LogP contribution in [0.25, 0.3) is 0 Å². The van der Waals surface area contributed by atoms with E-state index in [1.54, 1.807) is 0 Å². The van der Waals surface area contributed by atoms with E-state index in [0.717, 1.165) is 49.8 Å². The number of nitrogens with one attached hydrogen (secondary N) is 1. The van der Waals surface area contributed by atoms with Crippen LogP contribution >= 0.6 is 0 Å². The van der Waals surface area contributed by atoms with Crippen LogP contribution in [0.3, 0.4) is 0 Å². The predicted molar refractivity (Wildman–Crippen MR) is 62.0 cm³/mol. The maximum absolute atomic E-state index is 4.39. The van der Waals surface area contributed by atoms with E-state index in [0.29, 0.717) is 0 Å². The minimum atomic E-state index is 0.729. The minimum Gasteiger partial charge on any atom is -0.354 e. The summed E-state index contributed by atoms with van der Waals surface area (Å²) >= 11 is 0. The quantitative estimate of drug-likeness (QED) is 0.778. The molecule has 15 heavy (non-hydrogen) atoms. The van der Waals surface area contributed by atoms with Gasteiger partial charge < -0.3 is 5.32 Å². The van der Waals surface area contributed by atoms with Crippen molar-refractivity contribution < 1.29 is 0 Å². The van der Waals surface area contributed by atoms with E-state index < -0.39 is 0 Å². The van der Waals surface area contributed by atoms with Crippen molar-refractivity contribution in [2.75, 3.05) is 11.9 Å². The van der Waals surface area contributed by atoms with Gasteiger partial charge in [-0.15, -0.1) is 0 Å². The molecule has 0 amide bonds. The van der Waals surface area contributed by atoms with Crippen molar-refractivity contribution >= 4 is 5.95 Å². The zero-order valence-electron chi connectivity index (χ0n) is 9.88. The largest absolute Gasteiger partial charge is 0.354 e. The van der Waals surface area contributed by atoms with E-state index in [9.17, 15) is 0 Å². The summed E-state index contributed by atoms with van der Waals surface area (Å²) in [5.41, 5.74) is 0. The van der Waals surface area contributed by atoms with Crippen LogP contribution in [0.4, 0.5) is 5.95 Å². The molecule has 4 nitrogen and oxygen atoms in total. The Hall–Kier alpha value is -1.19. The van der Waals surface area contributed by atoms with Gasteiger partial charge in [-0.05, 0) is 12.8 Å². The maximum Gasteiger partial charge on any atom is 0.226 e. The summed E-state index contributed by atoms with van der Waals surface area (Å²) in [6.07, 6.45) is 3.94. The molecule has 0 fully saturated rings. The normalized spacial score (nSPS) is 10.3. The van der Waals surface area contributed by atoms with Crippen molar-refractivity contribution in [3.63, 3.8) is 0 Å². The Bertz CT molecular complexity index is 299. The Morgan fingerprint density at radius 3 is 2.27 bits per heavy atom. The van der Waals surface area contributed by atoms with E-state index in [1.807, 2.05) is 0 Å². The summed E-state index contributed by atoms with van der Waals surface area (Å²) in [4.78, 5) is 13.1. The molecular formula is C11H20N4. The summed E-state index contributed by atoms with van der Waals surface area (Å²) in [5.74, 6) is 2.52. The highest BCUT2D eigenvalue weighted by Gasteiger charge is 2.03. The summed E-state index contributed by atoms with van der Waals surface area (Å²) in [5, 5.41) is 3.21. The highest BCUT2D eigenvalue weighted by molar-refractivity contribution is 5.24. The molecular weight excluding hydrogens is 188 g/mol. The highest BCUT2D eigenvalue weighted by atomic mass is 15.2. The molecule has 0 bridgehead atoms. The molecule has 0 saturated carbocycles. The number of aryl methyl sites for hydroxylation is 2. The second kappa shape index (κ2) is 6.32. The summed E-state index contributed by atoms with van der Waals surface area (Å²) < 4.78 is 0. The molecule has 0 radical (unpaired) electrons. The van der Waals surface area contributed by atoms with E-state index in [4.69, 9.17) is 0 Å². The number of anilines is 1. The first-order valence-electron chi connectivity index (χ1n) is 5.77. The van der Waals surface area contributed by atoms with Gasteiger partial charge in [0.1, 0.15) is 11.6 Å². The first-order valence-corrected chi connectivity index (χ1v) is 5.77. The average Bonchev–Trinajstić information content (AvgIpc) is 2.26. The lowest BCUT2D eigenvalue weighted by Gasteiger charge is -2.06. The Morgan fingerprint density at radius 1 is 0.933 bits per heavy atom. The van der Waals surface area contributed by atoms with Crippen LogP contribution in [-0.4, -0.2) is 21.5 Å². The van der Waals surface area contributed by atoms with Crippen molar-refractivity contribution in [1.29, 1.82) is 0 Å². The SMILES string of the molecule is CCCNc1nc(CC)nc(CCC)n1. The Balaban J connectivity index is 2.79. The molecule has 0 saturated heterocycles. The monoisotopic (exact) mass is 208 g/mol. The Labute approximate surface area is 91.6 Å². The topological polar surface area (TPSA) is 50.7 Å². The van der Waals surface area contributed by atoms with Gasteiger partial charge in [0, 0.05) is 19.4 Å². The molecule has 84 valence electrons. The minimum absolute atomic E-state index is 0.729. The summed E-state index contributed by atoms with van der Waals surface area (Å²) in [7, 11) is 0. The fourth-order valence-electron chi connectivity index (χ4n) is 1.28. The second-order valence-corrected chi connectivity index (χ2v) is 3.52. The molecule has 0 unspecified atom stereocenters. The molecule has 4 heteroatoms. The maximum atomic E-state index is 4.39. The van der Waals surface area contributed by atoms with Gasteiger partial charge in [0.25, 0.3) is 0 Å². The Kier molecular flexibility index (Phi) is 5.01. The van der Waals surface area contributed by atoms with Crippen LogP contribution in [0, 0.1) is 0 Å². The first-order chi connectivity index (χ1) is 7.30. The van der Waals surface area contributed by atoms with Crippen molar-refractivity contribution in [1.82, 2.24) is 15.0 Å². The number of aromatic nitrogens is 3. The third-order valence-electron chi connectivity index (χ3n) is 2.05. The molecule has 1 aromatic rings. The third-order valence-corrected chi connectivity index (χ3v) is 2.05. The molecule has 0 spiro atoms. The van der Waals surface area contributed by atoms with E-state index >= 15 is 0 Å². The van der Waals surface area contributed by atoms with Crippen LogP contribution < -0.4 is 5.32 Å². The van der Waals surface area contributed by atoms with Crippen LogP contribution in [0.15, 0.2) is 0 Å². The fraction of sp³-hybridized carbons (Fsp3) is 0.727. The van der Waals surface area contributed by atoms with Crippen LogP contribution in [-0.2, 0) is 12.8 Å². The Morgan fingerprint density at radius 2 is 1.67 bits per heavy atom. The van der Waals surface area contributed by atoms with Crippen molar-refractivity contribution in [3.8, 4) is 0 Å². The van der Waals surface area contributed by atoms with Crippen molar-refractivity contribution in [2.24, 2.45) is 0 Å². The van der Waals surface area contributed by atoms with Crippen molar-refractivity contribution in [2.45, 2.75) is 46.5 Å². The van der Waals surface area contributed by atoms with E-state index in [1.165, 1.54) is 0 Å². The third kappa shape index (κ3) is 3.81. The van der Waals surface area contributed by atoms with Gasteiger partial charge >= 0.3 is 0 Å². The molecule has 1 rings (SSSR count). The van der Waals surface area contributed by atoms with E-state index in [-0.39, 0.29) is 0 Å². The molecule has 0 aliphatic carbocycles. The molecule has 0 aliphatic heterocycles.